The number of halogens is 1. The van der Waals surface area contributed by atoms with Crippen LogP contribution < -0.4 is 0 Å². The fourth-order valence-corrected chi connectivity index (χ4v) is 2.34. The Morgan fingerprint density at radius 2 is 2.06 bits per heavy atom. The minimum Gasteiger partial charge on any atom is -0.250 e. The first-order valence-corrected chi connectivity index (χ1v) is 5.97. The van der Waals surface area contributed by atoms with E-state index in [9.17, 15) is 0 Å². The molecule has 0 saturated heterocycles. The molecule has 0 radical (unpaired) electrons. The van der Waals surface area contributed by atoms with Crippen LogP contribution in [0.25, 0.3) is 16.5 Å². The summed E-state index contributed by atoms with van der Waals surface area (Å²) in [7, 11) is 0. The lowest BCUT2D eigenvalue weighted by atomic mass is 10.1. The topological polar surface area (TPSA) is 30.7 Å². The van der Waals surface area contributed by atoms with E-state index in [2.05, 4.69) is 50.9 Å². The third-order valence-electron chi connectivity index (χ3n) is 2.47. The molecule has 0 amide bonds. The first kappa shape index (κ1) is 9.77. The highest BCUT2D eigenvalue weighted by atomic mass is 127. The van der Waals surface area contributed by atoms with Gasteiger partial charge in [0.2, 0.25) is 0 Å². The van der Waals surface area contributed by atoms with E-state index in [0.29, 0.717) is 0 Å². The molecule has 2 heterocycles. The molecular weight excluding hydrogens is 313 g/mol. The second-order valence-electron chi connectivity index (χ2n) is 3.46. The lowest BCUT2D eigenvalue weighted by Crippen LogP contribution is -1.94. The molecule has 0 atom stereocenters. The SMILES string of the molecule is Ic1nccc2cc(-n3cccn3)ccc12. The van der Waals surface area contributed by atoms with E-state index in [1.165, 1.54) is 10.8 Å². The van der Waals surface area contributed by atoms with Gasteiger partial charge in [-0.25, -0.2) is 9.67 Å². The van der Waals surface area contributed by atoms with Crippen molar-refractivity contribution in [3.05, 3.63) is 52.6 Å². The quantitative estimate of drug-likeness (QED) is 0.509. The second kappa shape index (κ2) is 3.86. The number of rotatable bonds is 1. The molecule has 0 saturated carbocycles. The number of benzene rings is 1. The third-order valence-corrected chi connectivity index (χ3v) is 3.33. The lowest BCUT2D eigenvalue weighted by Gasteiger charge is -2.04. The van der Waals surface area contributed by atoms with Crippen LogP contribution in [0.2, 0.25) is 0 Å². The molecule has 0 fully saturated rings. The van der Waals surface area contributed by atoms with Crippen LogP contribution in [-0.2, 0) is 0 Å². The predicted molar refractivity (Wildman–Crippen MR) is 71.6 cm³/mol. The number of hydrogen-bond acceptors (Lipinski definition) is 2. The van der Waals surface area contributed by atoms with Gasteiger partial charge in [-0.1, -0.05) is 0 Å². The maximum absolute atomic E-state index is 4.26. The molecule has 78 valence electrons. The van der Waals surface area contributed by atoms with Crippen LogP contribution in [0.3, 0.4) is 0 Å². The monoisotopic (exact) mass is 321 g/mol. The summed E-state index contributed by atoms with van der Waals surface area (Å²) < 4.78 is 2.88. The highest BCUT2D eigenvalue weighted by molar-refractivity contribution is 14.1. The van der Waals surface area contributed by atoms with Crippen molar-refractivity contribution in [1.29, 1.82) is 0 Å². The van der Waals surface area contributed by atoms with E-state index in [4.69, 9.17) is 0 Å². The molecule has 3 nitrogen and oxygen atoms in total. The molecule has 0 aliphatic rings. The van der Waals surface area contributed by atoms with E-state index in [1.807, 2.05) is 29.2 Å². The Kier molecular flexibility index (Phi) is 2.36. The molecule has 0 spiro atoms. The molecule has 0 bridgehead atoms. The first-order valence-electron chi connectivity index (χ1n) is 4.89. The molecule has 0 aliphatic carbocycles. The van der Waals surface area contributed by atoms with Crippen molar-refractivity contribution in [2.75, 3.05) is 0 Å². The fraction of sp³-hybridized carbons (Fsp3) is 0. The van der Waals surface area contributed by atoms with Crippen molar-refractivity contribution in [2.24, 2.45) is 0 Å². The Morgan fingerprint density at radius 3 is 2.88 bits per heavy atom. The minimum atomic E-state index is 1.03. The lowest BCUT2D eigenvalue weighted by molar-refractivity contribution is 0.882. The zero-order valence-electron chi connectivity index (χ0n) is 8.34. The number of hydrogen-bond donors (Lipinski definition) is 0. The highest BCUT2D eigenvalue weighted by Gasteiger charge is 2.01. The normalized spacial score (nSPS) is 10.8. The smallest absolute Gasteiger partial charge is 0.109 e. The molecule has 0 unspecified atom stereocenters. The number of fused-ring (bicyclic) bond motifs is 1. The van der Waals surface area contributed by atoms with Crippen LogP contribution in [0.4, 0.5) is 0 Å². The molecule has 3 aromatic rings. The first-order chi connectivity index (χ1) is 7.84. The molecule has 3 rings (SSSR count). The maximum Gasteiger partial charge on any atom is 0.109 e. The van der Waals surface area contributed by atoms with E-state index in [0.717, 1.165) is 9.39 Å². The van der Waals surface area contributed by atoms with Gasteiger partial charge in [0.05, 0.1) is 5.69 Å². The Labute approximate surface area is 106 Å². The Bertz CT molecular complexity index is 632. The van der Waals surface area contributed by atoms with Crippen LogP contribution in [0.15, 0.2) is 48.9 Å². The van der Waals surface area contributed by atoms with Crippen LogP contribution >= 0.6 is 22.6 Å². The Morgan fingerprint density at radius 1 is 1.12 bits per heavy atom. The van der Waals surface area contributed by atoms with Gasteiger partial charge in [0.25, 0.3) is 0 Å². The number of aromatic nitrogens is 3. The summed E-state index contributed by atoms with van der Waals surface area (Å²) in [5, 5.41) is 6.58. The highest BCUT2D eigenvalue weighted by Crippen LogP contribution is 2.21. The zero-order chi connectivity index (χ0) is 11.0. The fourth-order valence-electron chi connectivity index (χ4n) is 1.69. The van der Waals surface area contributed by atoms with Gasteiger partial charge < -0.3 is 0 Å². The van der Waals surface area contributed by atoms with Gasteiger partial charge in [0, 0.05) is 24.0 Å². The van der Waals surface area contributed by atoms with Gasteiger partial charge in [-0.2, -0.15) is 5.10 Å². The molecule has 1 aromatic carbocycles. The van der Waals surface area contributed by atoms with Crippen molar-refractivity contribution >= 4 is 33.4 Å². The maximum atomic E-state index is 4.26. The van der Waals surface area contributed by atoms with Crippen molar-refractivity contribution < 1.29 is 0 Å². The summed E-state index contributed by atoms with van der Waals surface area (Å²) >= 11 is 2.25. The molecular formula is C12H8IN3. The summed E-state index contributed by atoms with van der Waals surface area (Å²) in [6.45, 7) is 0. The van der Waals surface area contributed by atoms with Gasteiger partial charge in [-0.15, -0.1) is 0 Å². The summed E-state index contributed by atoms with van der Waals surface area (Å²) in [6, 6.07) is 10.2. The minimum absolute atomic E-state index is 1.03. The largest absolute Gasteiger partial charge is 0.250 e. The van der Waals surface area contributed by atoms with Crippen LogP contribution in [0, 0.1) is 3.70 Å². The van der Waals surface area contributed by atoms with Gasteiger partial charge in [-0.05, 0) is 58.3 Å². The van der Waals surface area contributed by atoms with Crippen molar-refractivity contribution in [2.45, 2.75) is 0 Å². The number of nitrogens with zero attached hydrogens (tertiary/aromatic N) is 3. The standard InChI is InChI=1S/C12H8IN3/c13-12-11-3-2-10(16-7-1-5-15-16)8-9(11)4-6-14-12/h1-8H. The van der Waals surface area contributed by atoms with Gasteiger partial charge in [0.15, 0.2) is 0 Å². The molecule has 16 heavy (non-hydrogen) atoms. The Balaban J connectivity index is 2.24. The second-order valence-corrected chi connectivity index (χ2v) is 4.48. The van der Waals surface area contributed by atoms with E-state index in [1.54, 1.807) is 6.20 Å². The molecule has 2 aromatic heterocycles. The molecule has 0 aliphatic heterocycles. The average molecular weight is 321 g/mol. The molecule has 4 heteroatoms. The van der Waals surface area contributed by atoms with Crippen LogP contribution in [0.5, 0.6) is 0 Å². The van der Waals surface area contributed by atoms with Crippen molar-refractivity contribution in [1.82, 2.24) is 14.8 Å². The summed E-state index contributed by atoms with van der Waals surface area (Å²) in [5.74, 6) is 0. The van der Waals surface area contributed by atoms with Gasteiger partial charge in [-0.3, -0.25) is 0 Å². The van der Waals surface area contributed by atoms with Crippen LogP contribution in [-0.4, -0.2) is 14.8 Å². The third kappa shape index (κ3) is 1.59. The average Bonchev–Trinajstić information content (AvgIpc) is 2.82. The van der Waals surface area contributed by atoms with Gasteiger partial charge in [0.1, 0.15) is 3.70 Å². The summed E-state index contributed by atoms with van der Waals surface area (Å²) in [5.41, 5.74) is 1.07. The van der Waals surface area contributed by atoms with E-state index < -0.39 is 0 Å². The Hall–Kier alpha value is -1.43. The van der Waals surface area contributed by atoms with Crippen molar-refractivity contribution in [3.63, 3.8) is 0 Å². The van der Waals surface area contributed by atoms with Crippen LogP contribution in [0.1, 0.15) is 0 Å². The van der Waals surface area contributed by atoms with Crippen molar-refractivity contribution in [3.8, 4) is 5.69 Å². The summed E-state index contributed by atoms with van der Waals surface area (Å²) in [4.78, 5) is 4.26. The predicted octanol–water partition coefficient (Wildman–Crippen LogP) is 3.03. The summed E-state index contributed by atoms with van der Waals surface area (Å²) in [6.07, 6.45) is 5.55. The van der Waals surface area contributed by atoms with Gasteiger partial charge >= 0.3 is 0 Å². The van der Waals surface area contributed by atoms with E-state index in [-0.39, 0.29) is 0 Å². The zero-order valence-corrected chi connectivity index (χ0v) is 10.5. The number of pyridine rings is 1. The van der Waals surface area contributed by atoms with E-state index >= 15 is 0 Å². The molecule has 0 N–H and O–H groups in total.